The van der Waals surface area contributed by atoms with E-state index in [1.54, 1.807) is 48.5 Å². The summed E-state index contributed by atoms with van der Waals surface area (Å²) in [6, 6.07) is 18.5. The lowest BCUT2D eigenvalue weighted by Crippen LogP contribution is -2.35. The van der Waals surface area contributed by atoms with Crippen molar-refractivity contribution in [3.63, 3.8) is 0 Å². The molecule has 0 bridgehead atoms. The molecule has 0 N–H and O–H groups in total. The van der Waals surface area contributed by atoms with Gasteiger partial charge in [-0.2, -0.15) is 0 Å². The maximum absolute atomic E-state index is 5.09. The van der Waals surface area contributed by atoms with Gasteiger partial charge < -0.3 is 4.90 Å². The van der Waals surface area contributed by atoms with Crippen LogP contribution in [0.15, 0.2) is 98.0 Å². The second-order valence-electron chi connectivity index (χ2n) is 12.0. The Labute approximate surface area is 290 Å². The lowest BCUT2D eigenvalue weighted by Gasteiger charge is -2.26. The van der Waals surface area contributed by atoms with Crippen LogP contribution in [0.25, 0.3) is 21.1 Å². The number of fused-ring (bicyclic) bond motifs is 1. The van der Waals surface area contributed by atoms with Gasteiger partial charge in [-0.15, -0.1) is 11.3 Å². The summed E-state index contributed by atoms with van der Waals surface area (Å²) in [7, 11) is 0. The van der Waals surface area contributed by atoms with Gasteiger partial charge in [-0.05, 0) is 66.4 Å². The highest BCUT2D eigenvalue weighted by atomic mass is 32.1. The van der Waals surface area contributed by atoms with Gasteiger partial charge in [0.05, 0.1) is 35.9 Å². The van der Waals surface area contributed by atoms with Crippen LogP contribution in [0, 0.1) is 0 Å². The zero-order valence-electron chi connectivity index (χ0n) is 27.6. The number of thiazole rings is 1. The van der Waals surface area contributed by atoms with E-state index in [1.165, 1.54) is 16.8 Å². The summed E-state index contributed by atoms with van der Waals surface area (Å²) in [5.41, 5.74) is 5.86. The van der Waals surface area contributed by atoms with E-state index in [2.05, 4.69) is 81.9 Å². The number of pyridine rings is 1. The highest BCUT2D eigenvalue weighted by Crippen LogP contribution is 2.36. The molecule has 0 spiro atoms. The molecule has 12 heteroatoms. The second kappa shape index (κ2) is 15.9. The predicted molar refractivity (Wildman–Crippen MR) is 191 cm³/mol. The van der Waals surface area contributed by atoms with Crippen molar-refractivity contribution in [2.75, 3.05) is 31.1 Å². The van der Waals surface area contributed by atoms with Gasteiger partial charge in [0.25, 0.3) is 0 Å². The van der Waals surface area contributed by atoms with Gasteiger partial charge in [0.15, 0.2) is 0 Å². The first-order valence-corrected chi connectivity index (χ1v) is 17.5. The third-order valence-corrected chi connectivity index (χ3v) is 9.52. The summed E-state index contributed by atoms with van der Waals surface area (Å²) in [6.45, 7) is 8.29. The Morgan fingerprint density at radius 1 is 0.694 bits per heavy atom. The third kappa shape index (κ3) is 8.52. The van der Waals surface area contributed by atoms with Gasteiger partial charge in [0.2, 0.25) is 0 Å². The Hall–Kier alpha value is -5.04. The Bertz CT molecular complexity index is 1880. The zero-order chi connectivity index (χ0) is 33.3. The van der Waals surface area contributed by atoms with Crippen LogP contribution in [-0.2, 0) is 32.6 Å². The number of hydrogen-bond donors (Lipinski definition) is 0. The van der Waals surface area contributed by atoms with E-state index in [-0.39, 0.29) is 0 Å². The fraction of sp³-hybridized carbons (Fsp3) is 0.297. The summed E-state index contributed by atoms with van der Waals surface area (Å²) in [6.07, 6.45) is 14.9. The zero-order valence-corrected chi connectivity index (χ0v) is 28.5. The molecule has 0 saturated heterocycles. The molecule has 0 atom stereocenters. The van der Waals surface area contributed by atoms with Crippen LogP contribution in [0.5, 0.6) is 0 Å². The standard InChI is InChI=1S/C37H39N11S/c1-2-18-48-19-11-28-22-29(9-10-32(28)48)33-23-44-37(49-33)31-8-3-7-30(45-31)24-46(25-34-38-12-4-13-39-34)20-21-47(26-35-40-14-5-15-41-35)27-36-42-16-6-17-43-36/h3-10,12-17,22-23H,2,11,18-21,24-27H2,1H3. The maximum Gasteiger partial charge on any atom is 0.142 e. The molecular formula is C37H39N11S. The molecule has 0 radical (unpaired) electrons. The molecule has 0 amide bonds. The van der Waals surface area contributed by atoms with Crippen LogP contribution in [0.1, 0.15) is 42.1 Å². The number of aromatic nitrogens is 8. The Morgan fingerprint density at radius 2 is 1.31 bits per heavy atom. The monoisotopic (exact) mass is 669 g/mol. The van der Waals surface area contributed by atoms with Crippen molar-refractivity contribution in [1.29, 1.82) is 0 Å². The van der Waals surface area contributed by atoms with Crippen molar-refractivity contribution in [2.24, 2.45) is 0 Å². The van der Waals surface area contributed by atoms with Crippen LogP contribution in [0.4, 0.5) is 5.69 Å². The largest absolute Gasteiger partial charge is 0.371 e. The molecule has 49 heavy (non-hydrogen) atoms. The molecule has 248 valence electrons. The lowest BCUT2D eigenvalue weighted by molar-refractivity contribution is 0.174. The minimum atomic E-state index is 0.579. The Kier molecular flexibility index (Phi) is 10.6. The van der Waals surface area contributed by atoms with Crippen molar-refractivity contribution >= 4 is 17.0 Å². The predicted octanol–water partition coefficient (Wildman–Crippen LogP) is 5.72. The fourth-order valence-electron chi connectivity index (χ4n) is 6.11. The molecule has 0 unspecified atom stereocenters. The average Bonchev–Trinajstić information content (AvgIpc) is 3.80. The van der Waals surface area contributed by atoms with E-state index in [1.807, 2.05) is 30.5 Å². The van der Waals surface area contributed by atoms with Crippen molar-refractivity contribution in [3.8, 4) is 21.1 Å². The van der Waals surface area contributed by atoms with E-state index < -0.39 is 0 Å². The van der Waals surface area contributed by atoms with Crippen molar-refractivity contribution in [1.82, 2.24) is 49.7 Å². The normalized spacial score (nSPS) is 12.6. The van der Waals surface area contributed by atoms with Crippen LogP contribution in [-0.4, -0.2) is 75.9 Å². The highest BCUT2D eigenvalue weighted by Gasteiger charge is 2.20. The van der Waals surface area contributed by atoms with E-state index >= 15 is 0 Å². The summed E-state index contributed by atoms with van der Waals surface area (Å²) in [4.78, 5) is 45.0. The minimum absolute atomic E-state index is 0.579. The van der Waals surface area contributed by atoms with Crippen molar-refractivity contribution < 1.29 is 0 Å². The molecule has 1 aliphatic rings. The molecule has 6 heterocycles. The molecule has 6 aromatic rings. The Balaban J connectivity index is 1.08. The maximum atomic E-state index is 5.09. The van der Waals surface area contributed by atoms with Gasteiger partial charge in [-0.25, -0.2) is 39.9 Å². The minimum Gasteiger partial charge on any atom is -0.371 e. The molecular weight excluding hydrogens is 631 g/mol. The van der Waals surface area contributed by atoms with E-state index in [0.29, 0.717) is 26.2 Å². The van der Waals surface area contributed by atoms with Gasteiger partial charge in [-0.3, -0.25) is 9.80 Å². The van der Waals surface area contributed by atoms with Gasteiger partial charge in [0.1, 0.15) is 22.5 Å². The molecule has 0 fully saturated rings. The van der Waals surface area contributed by atoms with Crippen molar-refractivity contribution in [2.45, 2.75) is 45.9 Å². The first kappa shape index (κ1) is 32.5. The average molecular weight is 670 g/mol. The molecule has 7 rings (SSSR count). The second-order valence-corrected chi connectivity index (χ2v) is 13.1. The summed E-state index contributed by atoms with van der Waals surface area (Å²) in [5.74, 6) is 2.28. The molecule has 0 saturated carbocycles. The summed E-state index contributed by atoms with van der Waals surface area (Å²) >= 11 is 1.69. The quantitative estimate of drug-likeness (QED) is 0.134. The smallest absolute Gasteiger partial charge is 0.142 e. The van der Waals surface area contributed by atoms with Gasteiger partial charge in [0, 0.05) is 81.8 Å². The van der Waals surface area contributed by atoms with E-state index in [0.717, 1.165) is 77.8 Å². The van der Waals surface area contributed by atoms with E-state index in [9.17, 15) is 0 Å². The number of benzene rings is 1. The number of hydrogen-bond acceptors (Lipinski definition) is 12. The first-order chi connectivity index (χ1) is 24.2. The Morgan fingerprint density at radius 3 is 1.92 bits per heavy atom. The molecule has 11 nitrogen and oxygen atoms in total. The lowest BCUT2D eigenvalue weighted by atomic mass is 10.1. The SMILES string of the molecule is CCCN1CCc2cc(-c3cnc(-c4cccc(CN(CCN(Cc5ncccn5)Cc5ncccn5)Cc5ncccn5)n4)s3)ccc21. The number of nitrogens with zero attached hydrogens (tertiary/aromatic N) is 11. The van der Waals surface area contributed by atoms with Crippen LogP contribution >= 0.6 is 11.3 Å². The third-order valence-electron chi connectivity index (χ3n) is 8.45. The van der Waals surface area contributed by atoms with Gasteiger partial charge >= 0.3 is 0 Å². The number of rotatable bonds is 15. The first-order valence-electron chi connectivity index (χ1n) is 16.7. The number of anilines is 1. The molecule has 5 aromatic heterocycles. The molecule has 1 aliphatic heterocycles. The van der Waals surface area contributed by atoms with Crippen LogP contribution in [0.2, 0.25) is 0 Å². The molecule has 1 aromatic carbocycles. The summed E-state index contributed by atoms with van der Waals surface area (Å²) in [5, 5.41) is 0.916. The van der Waals surface area contributed by atoms with Gasteiger partial charge in [-0.1, -0.05) is 19.1 Å². The fourth-order valence-corrected chi connectivity index (χ4v) is 7.00. The highest BCUT2D eigenvalue weighted by molar-refractivity contribution is 7.18. The van der Waals surface area contributed by atoms with Crippen LogP contribution in [0.3, 0.4) is 0 Å². The topological polar surface area (TPSA) is 113 Å². The molecule has 0 aliphatic carbocycles. The summed E-state index contributed by atoms with van der Waals surface area (Å²) < 4.78 is 0. The van der Waals surface area contributed by atoms with Crippen molar-refractivity contribution in [3.05, 3.63) is 127 Å². The van der Waals surface area contributed by atoms with E-state index in [4.69, 9.17) is 9.97 Å². The van der Waals surface area contributed by atoms with Crippen LogP contribution < -0.4 is 4.90 Å².